The van der Waals surface area contributed by atoms with Gasteiger partial charge in [0.1, 0.15) is 12.2 Å². The second kappa shape index (κ2) is 8.75. The number of carbonyl (C=O) groups excluding carboxylic acids is 3. The predicted molar refractivity (Wildman–Crippen MR) is 127 cm³/mol. The molecule has 1 aromatic rings. The van der Waals surface area contributed by atoms with Crippen molar-refractivity contribution in [2.75, 3.05) is 44.2 Å². The van der Waals surface area contributed by atoms with Gasteiger partial charge in [-0.15, -0.1) is 0 Å². The first-order chi connectivity index (χ1) is 15.9. The zero-order valence-electron chi connectivity index (χ0n) is 20.0. The molecule has 3 saturated heterocycles. The summed E-state index contributed by atoms with van der Waals surface area (Å²) in [5.41, 5.74) is 0.400. The maximum atomic E-state index is 13.5. The molecular weight excluding hydrogens is 416 g/mol. The minimum absolute atomic E-state index is 0.000205. The lowest BCUT2D eigenvalue weighted by molar-refractivity contribution is -0.135. The van der Waals surface area contributed by atoms with Gasteiger partial charge < -0.3 is 14.7 Å². The van der Waals surface area contributed by atoms with Crippen LogP contribution in [0.2, 0.25) is 0 Å². The monoisotopic (exact) mass is 452 g/mol. The molecule has 7 heteroatoms. The topological polar surface area (TPSA) is 64.2 Å². The summed E-state index contributed by atoms with van der Waals surface area (Å²) >= 11 is 0. The molecule has 0 aliphatic carbocycles. The SMILES string of the molecule is CC1CCN(CC2CCCN(C(=O)CN3C(=O)c4ccccc4N4C(=O)CCC34C)C2)CC1. The number of benzene rings is 1. The minimum atomic E-state index is -0.780. The number of para-hydroxylation sites is 1. The summed E-state index contributed by atoms with van der Waals surface area (Å²) in [6.45, 7) is 9.19. The lowest BCUT2D eigenvalue weighted by Gasteiger charge is -2.49. The first-order valence-corrected chi connectivity index (χ1v) is 12.6. The number of hydrogen-bond donors (Lipinski definition) is 0. The predicted octanol–water partition coefficient (Wildman–Crippen LogP) is 2.96. The lowest BCUT2D eigenvalue weighted by atomic mass is 9.94. The third-order valence-corrected chi connectivity index (χ3v) is 8.30. The van der Waals surface area contributed by atoms with Crippen LogP contribution in [0.3, 0.4) is 0 Å². The van der Waals surface area contributed by atoms with Crippen LogP contribution in [-0.2, 0) is 9.59 Å². The van der Waals surface area contributed by atoms with E-state index in [-0.39, 0.29) is 24.3 Å². The van der Waals surface area contributed by atoms with E-state index in [1.165, 1.54) is 12.8 Å². The van der Waals surface area contributed by atoms with Crippen molar-refractivity contribution in [2.45, 2.75) is 58.0 Å². The molecule has 2 atom stereocenters. The molecule has 178 valence electrons. The Morgan fingerprint density at radius 1 is 1.09 bits per heavy atom. The van der Waals surface area contributed by atoms with E-state index in [9.17, 15) is 14.4 Å². The van der Waals surface area contributed by atoms with Crippen molar-refractivity contribution >= 4 is 23.4 Å². The van der Waals surface area contributed by atoms with Crippen LogP contribution < -0.4 is 4.90 Å². The molecule has 4 heterocycles. The summed E-state index contributed by atoms with van der Waals surface area (Å²) in [6.07, 6.45) is 5.65. The van der Waals surface area contributed by atoms with Gasteiger partial charge in [0.25, 0.3) is 5.91 Å². The van der Waals surface area contributed by atoms with Gasteiger partial charge in [0.15, 0.2) is 0 Å². The largest absolute Gasteiger partial charge is 0.341 e. The fraction of sp³-hybridized carbons (Fsp3) is 0.654. The number of carbonyl (C=O) groups is 3. The molecule has 2 unspecified atom stereocenters. The van der Waals surface area contributed by atoms with E-state index in [1.807, 2.05) is 30.0 Å². The van der Waals surface area contributed by atoms with Gasteiger partial charge in [-0.2, -0.15) is 0 Å². The van der Waals surface area contributed by atoms with Crippen LogP contribution in [0, 0.1) is 11.8 Å². The van der Waals surface area contributed by atoms with Gasteiger partial charge in [-0.3, -0.25) is 19.3 Å². The normalized spacial score (nSPS) is 28.8. The Morgan fingerprint density at radius 3 is 2.64 bits per heavy atom. The molecule has 5 rings (SSSR count). The third-order valence-electron chi connectivity index (χ3n) is 8.30. The molecule has 0 saturated carbocycles. The number of fused-ring (bicyclic) bond motifs is 3. The Hall–Kier alpha value is -2.41. The molecule has 4 aliphatic rings. The van der Waals surface area contributed by atoms with Gasteiger partial charge >= 0.3 is 0 Å². The number of hydrogen-bond acceptors (Lipinski definition) is 4. The van der Waals surface area contributed by atoms with Crippen LogP contribution in [0.25, 0.3) is 0 Å². The number of anilines is 1. The van der Waals surface area contributed by atoms with Crippen LogP contribution >= 0.6 is 0 Å². The Balaban J connectivity index is 1.29. The van der Waals surface area contributed by atoms with Crippen molar-refractivity contribution in [2.24, 2.45) is 11.8 Å². The Kier molecular flexibility index (Phi) is 5.93. The van der Waals surface area contributed by atoms with Crippen LogP contribution in [-0.4, -0.2) is 77.4 Å². The van der Waals surface area contributed by atoms with Crippen molar-refractivity contribution in [1.82, 2.24) is 14.7 Å². The summed E-state index contributed by atoms with van der Waals surface area (Å²) < 4.78 is 0. The zero-order valence-corrected chi connectivity index (χ0v) is 20.0. The Bertz CT molecular complexity index is 941. The number of amides is 3. The number of rotatable bonds is 4. The maximum absolute atomic E-state index is 13.5. The molecule has 0 N–H and O–H groups in total. The highest BCUT2D eigenvalue weighted by atomic mass is 16.2. The average Bonchev–Trinajstić information content (AvgIpc) is 3.13. The standard InChI is InChI=1S/C26H36N4O3/c1-19-10-14-27(15-11-19)16-20-6-5-13-28(17-20)24(32)18-29-25(33)21-7-3-4-8-22(21)30-23(31)9-12-26(29,30)2/h3-4,7-8,19-20H,5-6,9-18H2,1-2H3. The third kappa shape index (κ3) is 4.05. The van der Waals surface area contributed by atoms with Crippen molar-refractivity contribution in [1.29, 1.82) is 0 Å². The van der Waals surface area contributed by atoms with Gasteiger partial charge in [0, 0.05) is 26.1 Å². The minimum Gasteiger partial charge on any atom is -0.341 e. The summed E-state index contributed by atoms with van der Waals surface area (Å²) in [5.74, 6) is 1.18. The first kappa shape index (κ1) is 22.4. The van der Waals surface area contributed by atoms with E-state index in [1.54, 1.807) is 15.9 Å². The zero-order chi connectivity index (χ0) is 23.2. The van der Waals surface area contributed by atoms with E-state index >= 15 is 0 Å². The van der Waals surface area contributed by atoms with E-state index in [2.05, 4.69) is 11.8 Å². The Morgan fingerprint density at radius 2 is 1.85 bits per heavy atom. The maximum Gasteiger partial charge on any atom is 0.258 e. The summed E-state index contributed by atoms with van der Waals surface area (Å²) in [5, 5.41) is 0. The molecule has 3 fully saturated rings. The van der Waals surface area contributed by atoms with E-state index in [4.69, 9.17) is 0 Å². The van der Waals surface area contributed by atoms with Crippen molar-refractivity contribution < 1.29 is 14.4 Å². The number of nitrogens with zero attached hydrogens (tertiary/aromatic N) is 4. The highest BCUT2D eigenvalue weighted by Crippen LogP contribution is 2.44. The first-order valence-electron chi connectivity index (χ1n) is 12.6. The Labute approximate surface area is 196 Å². The highest BCUT2D eigenvalue weighted by molar-refractivity contribution is 6.11. The molecule has 33 heavy (non-hydrogen) atoms. The molecule has 0 aromatic heterocycles. The molecule has 0 radical (unpaired) electrons. The number of likely N-dealkylation sites (tertiary alicyclic amines) is 2. The van der Waals surface area contributed by atoms with E-state index in [0.717, 1.165) is 51.5 Å². The lowest BCUT2D eigenvalue weighted by Crippen LogP contribution is -2.64. The molecule has 3 amide bonds. The van der Waals surface area contributed by atoms with Gasteiger partial charge in [0.2, 0.25) is 11.8 Å². The summed E-state index contributed by atoms with van der Waals surface area (Å²) in [6, 6.07) is 7.27. The number of piperidine rings is 2. The van der Waals surface area contributed by atoms with Gasteiger partial charge in [0.05, 0.1) is 11.3 Å². The second-order valence-electron chi connectivity index (χ2n) is 10.7. The summed E-state index contributed by atoms with van der Waals surface area (Å²) in [4.78, 5) is 47.6. The van der Waals surface area contributed by atoms with E-state index < -0.39 is 5.66 Å². The van der Waals surface area contributed by atoms with Gasteiger partial charge in [-0.05, 0) is 76.1 Å². The van der Waals surface area contributed by atoms with E-state index in [0.29, 0.717) is 30.0 Å². The fourth-order valence-corrected chi connectivity index (χ4v) is 6.23. The quantitative estimate of drug-likeness (QED) is 0.705. The van der Waals surface area contributed by atoms with Gasteiger partial charge in [-0.25, -0.2) is 0 Å². The molecule has 4 aliphatic heterocycles. The van der Waals surface area contributed by atoms with Crippen LogP contribution in [0.15, 0.2) is 24.3 Å². The average molecular weight is 453 g/mol. The van der Waals surface area contributed by atoms with Gasteiger partial charge in [-0.1, -0.05) is 19.1 Å². The van der Waals surface area contributed by atoms with Crippen LogP contribution in [0.5, 0.6) is 0 Å². The molecular formula is C26H36N4O3. The molecule has 0 bridgehead atoms. The molecule has 0 spiro atoms. The second-order valence-corrected chi connectivity index (χ2v) is 10.7. The molecule has 1 aromatic carbocycles. The van der Waals surface area contributed by atoms with Crippen molar-refractivity contribution in [3.63, 3.8) is 0 Å². The molecule has 7 nitrogen and oxygen atoms in total. The summed E-state index contributed by atoms with van der Waals surface area (Å²) in [7, 11) is 0. The smallest absolute Gasteiger partial charge is 0.258 e. The fourth-order valence-electron chi connectivity index (χ4n) is 6.23. The highest BCUT2D eigenvalue weighted by Gasteiger charge is 2.53. The van der Waals surface area contributed by atoms with Crippen LogP contribution in [0.4, 0.5) is 5.69 Å². The van der Waals surface area contributed by atoms with Crippen LogP contribution in [0.1, 0.15) is 62.7 Å². The van der Waals surface area contributed by atoms with Crippen molar-refractivity contribution in [3.8, 4) is 0 Å². The van der Waals surface area contributed by atoms with Crippen molar-refractivity contribution in [3.05, 3.63) is 29.8 Å².